The van der Waals surface area contributed by atoms with Crippen LogP contribution in [-0.2, 0) is 15.8 Å². The third-order valence-corrected chi connectivity index (χ3v) is 9.22. The zero-order valence-corrected chi connectivity index (χ0v) is 23.3. The molecule has 1 saturated carbocycles. The van der Waals surface area contributed by atoms with Gasteiger partial charge >= 0.3 is 5.56 Å². The number of rotatable bonds is 8. The first-order valence-electron chi connectivity index (χ1n) is 13.3. The van der Waals surface area contributed by atoms with E-state index in [1.54, 1.807) is 19.2 Å². The van der Waals surface area contributed by atoms with Crippen LogP contribution in [0.4, 0.5) is 14.5 Å². The molecule has 2 aromatic carbocycles. The molecular formula is C28H32F2N4O5S. The summed E-state index contributed by atoms with van der Waals surface area (Å²) in [6.45, 7) is 2.95. The highest BCUT2D eigenvalue weighted by molar-refractivity contribution is 7.88. The Morgan fingerprint density at radius 1 is 1.00 bits per heavy atom. The van der Waals surface area contributed by atoms with Crippen LogP contribution in [0.25, 0.3) is 5.69 Å². The first-order valence-corrected chi connectivity index (χ1v) is 14.9. The van der Waals surface area contributed by atoms with Crippen molar-refractivity contribution in [3.8, 4) is 17.2 Å². The van der Waals surface area contributed by atoms with Gasteiger partial charge in [-0.15, -0.1) is 0 Å². The summed E-state index contributed by atoms with van der Waals surface area (Å²) in [7, 11) is -2.01. The molecule has 2 aliphatic rings. The van der Waals surface area contributed by atoms with Gasteiger partial charge in [-0.1, -0.05) is 12.1 Å². The third kappa shape index (κ3) is 5.97. The maximum absolute atomic E-state index is 13.9. The van der Waals surface area contributed by atoms with Crippen LogP contribution in [-0.4, -0.2) is 61.9 Å². The first kappa shape index (κ1) is 28.0. The molecule has 0 unspecified atom stereocenters. The minimum Gasteiger partial charge on any atom is -0.496 e. The molecule has 1 saturated heterocycles. The molecule has 12 heteroatoms. The standard InChI is InChI=1S/C28H32F2N4O5S/c1-19-13-20(7-8-26(19)38-2)18-40(36,37)33-11-9-32(10-12-33)25-17-31-34(23-15-21(29)14-22(30)16-23)28(35)27(25)39-24-5-3-4-6-24/h7-8,13-17,24H,3-6,9-12,18H2,1-2H3. The molecule has 40 heavy (non-hydrogen) atoms. The Morgan fingerprint density at radius 3 is 2.30 bits per heavy atom. The topological polar surface area (TPSA) is 94.0 Å². The molecule has 0 spiro atoms. The summed E-state index contributed by atoms with van der Waals surface area (Å²) >= 11 is 0. The number of methoxy groups -OCH3 is 1. The Balaban J connectivity index is 1.37. The van der Waals surface area contributed by atoms with Crippen LogP contribution in [0.1, 0.15) is 36.8 Å². The number of piperazine rings is 1. The van der Waals surface area contributed by atoms with Gasteiger partial charge in [0.05, 0.1) is 30.9 Å². The summed E-state index contributed by atoms with van der Waals surface area (Å²) in [4.78, 5) is 15.4. The number of benzene rings is 2. The van der Waals surface area contributed by atoms with Crippen LogP contribution >= 0.6 is 0 Å². The monoisotopic (exact) mass is 574 g/mol. The number of nitrogens with zero attached hydrogens (tertiary/aromatic N) is 4. The fourth-order valence-electron chi connectivity index (χ4n) is 5.32. The van der Waals surface area contributed by atoms with Crippen LogP contribution in [0.2, 0.25) is 0 Å². The van der Waals surface area contributed by atoms with Crippen molar-refractivity contribution in [3.05, 3.63) is 75.7 Å². The van der Waals surface area contributed by atoms with Gasteiger partial charge in [-0.3, -0.25) is 4.79 Å². The quantitative estimate of drug-likeness (QED) is 0.404. The fraction of sp³-hybridized carbons (Fsp3) is 0.429. The minimum absolute atomic E-state index is 0.0463. The molecular weight excluding hydrogens is 542 g/mol. The zero-order chi connectivity index (χ0) is 28.4. The Bertz CT molecular complexity index is 1530. The van der Waals surface area contributed by atoms with Crippen LogP contribution in [0, 0.1) is 18.6 Å². The van der Waals surface area contributed by atoms with Crippen molar-refractivity contribution in [2.45, 2.75) is 44.5 Å². The predicted octanol–water partition coefficient (Wildman–Crippen LogP) is 3.80. The van der Waals surface area contributed by atoms with E-state index in [-0.39, 0.29) is 36.4 Å². The lowest BCUT2D eigenvalue weighted by molar-refractivity contribution is 0.205. The van der Waals surface area contributed by atoms with E-state index < -0.39 is 27.2 Å². The van der Waals surface area contributed by atoms with Gasteiger partial charge in [0, 0.05) is 32.2 Å². The molecule has 0 N–H and O–H groups in total. The van der Waals surface area contributed by atoms with E-state index in [1.165, 1.54) is 10.5 Å². The first-order chi connectivity index (χ1) is 19.1. The lowest BCUT2D eigenvalue weighted by atomic mass is 10.1. The number of sulfonamides is 1. The summed E-state index contributed by atoms with van der Waals surface area (Å²) in [5.74, 6) is -1.03. The summed E-state index contributed by atoms with van der Waals surface area (Å²) in [5.41, 5.74) is 1.30. The van der Waals surface area contributed by atoms with Gasteiger partial charge in [-0.05, 0) is 61.9 Å². The summed E-state index contributed by atoms with van der Waals surface area (Å²) in [6, 6.07) is 8.11. The van der Waals surface area contributed by atoms with Gasteiger partial charge in [0.2, 0.25) is 15.8 Å². The maximum Gasteiger partial charge on any atom is 0.316 e. The number of anilines is 1. The zero-order valence-electron chi connectivity index (χ0n) is 22.5. The van der Waals surface area contributed by atoms with E-state index in [0.717, 1.165) is 54.1 Å². The van der Waals surface area contributed by atoms with Gasteiger partial charge in [0.25, 0.3) is 0 Å². The van der Waals surface area contributed by atoms with Gasteiger partial charge in [0.15, 0.2) is 0 Å². The highest BCUT2D eigenvalue weighted by Gasteiger charge is 2.31. The molecule has 3 aromatic rings. The minimum atomic E-state index is -3.58. The van der Waals surface area contributed by atoms with Crippen LogP contribution in [0.15, 0.2) is 47.4 Å². The Kier molecular flexibility index (Phi) is 8.09. The highest BCUT2D eigenvalue weighted by atomic mass is 32.2. The summed E-state index contributed by atoms with van der Waals surface area (Å²) in [5, 5.41) is 4.19. The average molecular weight is 575 g/mol. The second-order valence-corrected chi connectivity index (χ2v) is 12.1. The maximum atomic E-state index is 13.9. The summed E-state index contributed by atoms with van der Waals surface area (Å²) < 4.78 is 68.0. The Hall–Kier alpha value is -3.51. The molecule has 214 valence electrons. The van der Waals surface area contributed by atoms with Crippen LogP contribution < -0.4 is 19.9 Å². The Labute approximate surface area is 232 Å². The molecule has 0 radical (unpaired) electrons. The SMILES string of the molecule is COc1ccc(CS(=O)(=O)N2CCN(c3cnn(-c4cc(F)cc(F)c4)c(=O)c3OC3CCCC3)CC2)cc1C. The van der Waals surface area contributed by atoms with Crippen molar-refractivity contribution in [1.29, 1.82) is 0 Å². The molecule has 9 nitrogen and oxygen atoms in total. The van der Waals surface area contributed by atoms with Crippen molar-refractivity contribution >= 4 is 15.7 Å². The number of halogens is 2. The van der Waals surface area contributed by atoms with Crippen molar-refractivity contribution in [2.75, 3.05) is 38.2 Å². The molecule has 1 aliphatic heterocycles. The highest BCUT2D eigenvalue weighted by Crippen LogP contribution is 2.31. The van der Waals surface area contributed by atoms with Gasteiger partial charge in [-0.25, -0.2) is 17.2 Å². The van der Waals surface area contributed by atoms with E-state index in [0.29, 0.717) is 30.1 Å². The van der Waals surface area contributed by atoms with Crippen LogP contribution in [0.3, 0.4) is 0 Å². The van der Waals surface area contributed by atoms with Crippen LogP contribution in [0.5, 0.6) is 11.5 Å². The fourth-order valence-corrected chi connectivity index (χ4v) is 6.83. The molecule has 5 rings (SSSR count). The largest absolute Gasteiger partial charge is 0.496 e. The van der Waals surface area contributed by atoms with Crippen molar-refractivity contribution in [1.82, 2.24) is 14.1 Å². The van der Waals surface area contributed by atoms with Gasteiger partial charge in [0.1, 0.15) is 23.1 Å². The van der Waals surface area contributed by atoms with E-state index in [2.05, 4.69) is 5.10 Å². The predicted molar refractivity (Wildman–Crippen MR) is 147 cm³/mol. The molecule has 0 atom stereocenters. The van der Waals surface area contributed by atoms with E-state index in [9.17, 15) is 22.0 Å². The van der Waals surface area contributed by atoms with Crippen molar-refractivity contribution in [3.63, 3.8) is 0 Å². The molecule has 1 aliphatic carbocycles. The van der Waals surface area contributed by atoms with E-state index in [4.69, 9.17) is 9.47 Å². The number of hydrogen-bond donors (Lipinski definition) is 0. The van der Waals surface area contributed by atoms with Gasteiger partial charge < -0.3 is 14.4 Å². The summed E-state index contributed by atoms with van der Waals surface area (Å²) in [6.07, 6.45) is 4.86. The second-order valence-electron chi connectivity index (χ2n) is 10.2. The normalized spacial score (nSPS) is 16.9. The molecule has 0 bridgehead atoms. The average Bonchev–Trinajstić information content (AvgIpc) is 3.42. The van der Waals surface area contributed by atoms with Crippen molar-refractivity contribution < 1.29 is 26.7 Å². The lowest BCUT2D eigenvalue weighted by Crippen LogP contribution is -2.49. The number of hydrogen-bond acceptors (Lipinski definition) is 7. The number of aryl methyl sites for hydroxylation is 1. The molecule has 2 fully saturated rings. The third-order valence-electron chi connectivity index (χ3n) is 7.37. The second kappa shape index (κ2) is 11.5. The number of aromatic nitrogens is 2. The van der Waals surface area contributed by atoms with E-state index in [1.807, 2.05) is 17.9 Å². The molecule has 0 amide bonds. The molecule has 2 heterocycles. The number of ether oxygens (including phenoxy) is 2. The van der Waals surface area contributed by atoms with E-state index >= 15 is 0 Å². The Morgan fingerprint density at radius 2 is 1.68 bits per heavy atom. The van der Waals surface area contributed by atoms with Gasteiger partial charge in [-0.2, -0.15) is 14.1 Å². The lowest BCUT2D eigenvalue weighted by Gasteiger charge is -2.36. The smallest absolute Gasteiger partial charge is 0.316 e. The van der Waals surface area contributed by atoms with Crippen molar-refractivity contribution in [2.24, 2.45) is 0 Å². The molecule has 1 aromatic heterocycles.